The van der Waals surface area contributed by atoms with Gasteiger partial charge in [0.15, 0.2) is 0 Å². The summed E-state index contributed by atoms with van der Waals surface area (Å²) in [7, 11) is 0. The fourth-order valence-electron chi connectivity index (χ4n) is 2.53. The summed E-state index contributed by atoms with van der Waals surface area (Å²) in [4.78, 5) is 13.4. The van der Waals surface area contributed by atoms with Crippen LogP contribution in [0.5, 0.6) is 0 Å². The van der Waals surface area contributed by atoms with Gasteiger partial charge < -0.3 is 5.32 Å². The second kappa shape index (κ2) is 7.33. The predicted octanol–water partition coefficient (Wildman–Crippen LogP) is 4.27. The van der Waals surface area contributed by atoms with Gasteiger partial charge in [0.25, 0.3) is 0 Å². The summed E-state index contributed by atoms with van der Waals surface area (Å²) in [5, 5.41) is 12.2. The number of hydrogen-bond acceptors (Lipinski definition) is 3. The maximum absolute atomic E-state index is 12.4. The number of carbonyl (C=O) groups excluding carboxylic acids is 1. The van der Waals surface area contributed by atoms with E-state index >= 15 is 0 Å². The normalized spacial score (nSPS) is 18.5. The molecule has 0 saturated heterocycles. The van der Waals surface area contributed by atoms with Gasteiger partial charge in [-0.15, -0.1) is 11.8 Å². The number of rotatable bonds is 4. The molecule has 0 aromatic heterocycles. The van der Waals surface area contributed by atoms with Gasteiger partial charge in [0.05, 0.1) is 11.3 Å². The van der Waals surface area contributed by atoms with Gasteiger partial charge in [-0.25, -0.2) is 0 Å². The Balaban J connectivity index is 1.95. The predicted molar refractivity (Wildman–Crippen MR) is 89.0 cm³/mol. The lowest BCUT2D eigenvalue weighted by Crippen LogP contribution is -2.50. The Bertz CT molecular complexity index is 532. The Kier molecular flexibility index (Phi) is 5.72. The van der Waals surface area contributed by atoms with Crippen LogP contribution in [-0.4, -0.2) is 16.7 Å². The zero-order valence-corrected chi connectivity index (χ0v) is 14.5. The molecule has 3 nitrogen and oxygen atoms in total. The zero-order valence-electron chi connectivity index (χ0n) is 12.1. The van der Waals surface area contributed by atoms with Gasteiger partial charge >= 0.3 is 0 Å². The van der Waals surface area contributed by atoms with Crippen LogP contribution in [0, 0.1) is 11.3 Å². The molecule has 1 saturated carbocycles. The quantitative estimate of drug-likeness (QED) is 0.809. The molecule has 1 aliphatic rings. The molecule has 1 N–H and O–H groups in total. The van der Waals surface area contributed by atoms with E-state index in [1.165, 1.54) is 11.8 Å². The number of amides is 1. The molecule has 1 atom stereocenters. The van der Waals surface area contributed by atoms with E-state index in [9.17, 15) is 10.1 Å². The van der Waals surface area contributed by atoms with Gasteiger partial charge in [0.2, 0.25) is 5.91 Å². The number of benzene rings is 1. The summed E-state index contributed by atoms with van der Waals surface area (Å²) in [6.45, 7) is 1.88. The maximum atomic E-state index is 12.4. The van der Waals surface area contributed by atoms with E-state index in [1.54, 1.807) is 0 Å². The van der Waals surface area contributed by atoms with E-state index in [0.717, 1.165) is 41.5 Å². The lowest BCUT2D eigenvalue weighted by Gasteiger charge is -2.32. The number of halogens is 1. The highest BCUT2D eigenvalue weighted by atomic mass is 79.9. The van der Waals surface area contributed by atoms with Crippen molar-refractivity contribution in [3.8, 4) is 6.07 Å². The van der Waals surface area contributed by atoms with E-state index in [0.29, 0.717) is 0 Å². The van der Waals surface area contributed by atoms with Gasteiger partial charge in [-0.3, -0.25) is 4.79 Å². The molecule has 0 bridgehead atoms. The lowest BCUT2D eigenvalue weighted by molar-refractivity contribution is -0.121. The number of thioether (sulfide) groups is 1. The van der Waals surface area contributed by atoms with Crippen molar-refractivity contribution in [3.05, 3.63) is 28.7 Å². The number of carbonyl (C=O) groups is 1. The van der Waals surface area contributed by atoms with E-state index in [1.807, 2.05) is 31.2 Å². The minimum Gasteiger partial charge on any atom is -0.337 e. The summed E-state index contributed by atoms with van der Waals surface area (Å²) >= 11 is 4.91. The Morgan fingerprint density at radius 2 is 1.95 bits per heavy atom. The van der Waals surface area contributed by atoms with Crippen molar-refractivity contribution in [2.24, 2.45) is 0 Å². The smallest absolute Gasteiger partial charge is 0.234 e. The fraction of sp³-hybridized carbons (Fsp3) is 0.500. The van der Waals surface area contributed by atoms with Crippen LogP contribution < -0.4 is 5.32 Å². The molecular weight excluding hydrogens is 348 g/mol. The van der Waals surface area contributed by atoms with Crippen LogP contribution in [0.1, 0.15) is 39.0 Å². The van der Waals surface area contributed by atoms with Crippen molar-refractivity contribution >= 4 is 33.6 Å². The minimum absolute atomic E-state index is 0.0497. The zero-order chi connectivity index (χ0) is 15.3. The molecule has 2 rings (SSSR count). The Labute approximate surface area is 138 Å². The van der Waals surface area contributed by atoms with Crippen molar-refractivity contribution in [2.45, 2.75) is 54.7 Å². The SMILES string of the molecule is CC(Sc1ccc(Br)cc1)C(=O)NC1(C#N)CCCCC1. The second-order valence-corrected chi connectivity index (χ2v) is 7.79. The Morgan fingerprint density at radius 3 is 2.52 bits per heavy atom. The summed E-state index contributed by atoms with van der Waals surface area (Å²) in [5.41, 5.74) is -0.649. The van der Waals surface area contributed by atoms with E-state index < -0.39 is 5.54 Å². The highest BCUT2D eigenvalue weighted by Crippen LogP contribution is 2.29. The van der Waals surface area contributed by atoms with Crippen LogP contribution in [0.15, 0.2) is 33.6 Å². The van der Waals surface area contributed by atoms with Crippen LogP contribution in [0.2, 0.25) is 0 Å². The first-order chi connectivity index (χ1) is 10.0. The number of nitrogens with one attached hydrogen (secondary N) is 1. The molecule has 0 radical (unpaired) electrons. The van der Waals surface area contributed by atoms with Crippen molar-refractivity contribution in [3.63, 3.8) is 0 Å². The van der Waals surface area contributed by atoms with Gasteiger partial charge in [-0.2, -0.15) is 5.26 Å². The first-order valence-electron chi connectivity index (χ1n) is 7.20. The summed E-state index contributed by atoms with van der Waals surface area (Å²) < 4.78 is 1.02. The third-order valence-corrected chi connectivity index (χ3v) is 5.42. The number of hydrogen-bond donors (Lipinski definition) is 1. The molecule has 0 aliphatic heterocycles. The average Bonchev–Trinajstić information content (AvgIpc) is 2.50. The Morgan fingerprint density at radius 1 is 1.33 bits per heavy atom. The summed E-state index contributed by atoms with van der Waals surface area (Å²) in [6.07, 6.45) is 4.72. The molecule has 1 aromatic rings. The van der Waals surface area contributed by atoms with Gasteiger partial charge in [0.1, 0.15) is 5.54 Å². The molecule has 1 unspecified atom stereocenters. The largest absolute Gasteiger partial charge is 0.337 e. The van der Waals surface area contributed by atoms with Gasteiger partial charge in [-0.05, 0) is 44.0 Å². The molecule has 1 fully saturated rings. The maximum Gasteiger partial charge on any atom is 0.234 e. The summed E-state index contributed by atoms with van der Waals surface area (Å²) in [5.74, 6) is -0.0497. The molecule has 0 heterocycles. The van der Waals surface area contributed by atoms with Crippen molar-refractivity contribution in [2.75, 3.05) is 0 Å². The van der Waals surface area contributed by atoms with Crippen LogP contribution >= 0.6 is 27.7 Å². The molecule has 1 aliphatic carbocycles. The minimum atomic E-state index is -0.649. The van der Waals surface area contributed by atoms with E-state index in [-0.39, 0.29) is 11.2 Å². The first-order valence-corrected chi connectivity index (χ1v) is 8.87. The number of nitrogens with zero attached hydrogens (tertiary/aromatic N) is 1. The van der Waals surface area contributed by atoms with Crippen LogP contribution in [0.4, 0.5) is 0 Å². The fourth-order valence-corrected chi connectivity index (χ4v) is 3.66. The third kappa shape index (κ3) is 4.49. The second-order valence-electron chi connectivity index (χ2n) is 5.46. The topological polar surface area (TPSA) is 52.9 Å². The first kappa shape index (κ1) is 16.4. The van der Waals surface area contributed by atoms with Crippen LogP contribution in [-0.2, 0) is 4.79 Å². The standard InChI is InChI=1S/C16H19BrN2OS/c1-12(21-14-7-5-13(17)6-8-14)15(20)19-16(11-18)9-3-2-4-10-16/h5-8,12H,2-4,9-10H2,1H3,(H,19,20). The van der Waals surface area contributed by atoms with Crippen molar-refractivity contribution in [1.29, 1.82) is 5.26 Å². The molecule has 1 aromatic carbocycles. The Hall–Kier alpha value is -0.990. The van der Waals surface area contributed by atoms with Crippen molar-refractivity contribution in [1.82, 2.24) is 5.32 Å². The molecule has 21 heavy (non-hydrogen) atoms. The highest BCUT2D eigenvalue weighted by Gasteiger charge is 2.34. The monoisotopic (exact) mass is 366 g/mol. The highest BCUT2D eigenvalue weighted by molar-refractivity contribution is 9.10. The molecular formula is C16H19BrN2OS. The summed E-state index contributed by atoms with van der Waals surface area (Å²) in [6, 6.07) is 10.2. The third-order valence-electron chi connectivity index (χ3n) is 3.78. The average molecular weight is 367 g/mol. The number of nitriles is 1. The van der Waals surface area contributed by atoms with E-state index in [2.05, 4.69) is 27.3 Å². The van der Waals surface area contributed by atoms with Crippen LogP contribution in [0.3, 0.4) is 0 Å². The lowest BCUT2D eigenvalue weighted by atomic mass is 9.83. The van der Waals surface area contributed by atoms with Crippen molar-refractivity contribution < 1.29 is 4.79 Å². The molecule has 1 amide bonds. The van der Waals surface area contributed by atoms with Crippen LogP contribution in [0.25, 0.3) is 0 Å². The molecule has 112 valence electrons. The van der Waals surface area contributed by atoms with Gasteiger partial charge in [-0.1, -0.05) is 35.2 Å². The van der Waals surface area contributed by atoms with E-state index in [4.69, 9.17) is 0 Å². The molecule has 0 spiro atoms. The van der Waals surface area contributed by atoms with Gasteiger partial charge in [0, 0.05) is 9.37 Å². The molecule has 5 heteroatoms.